The number of halogens is 1. The Hall–Kier alpha value is -2.58. The van der Waals surface area contributed by atoms with E-state index in [4.69, 9.17) is 4.52 Å². The van der Waals surface area contributed by atoms with Crippen LogP contribution in [0.3, 0.4) is 0 Å². The molecule has 0 bridgehead atoms. The van der Waals surface area contributed by atoms with E-state index in [9.17, 15) is 12.8 Å². The summed E-state index contributed by atoms with van der Waals surface area (Å²) in [6, 6.07) is 15.4. The van der Waals surface area contributed by atoms with Crippen LogP contribution in [-0.4, -0.2) is 36.0 Å². The number of sulfonamides is 1. The molecule has 0 spiro atoms. The van der Waals surface area contributed by atoms with E-state index in [0.717, 1.165) is 5.56 Å². The molecule has 0 saturated carbocycles. The highest BCUT2D eigenvalue weighted by Gasteiger charge is 2.39. The van der Waals surface area contributed by atoms with Crippen molar-refractivity contribution in [1.82, 2.24) is 14.4 Å². The summed E-state index contributed by atoms with van der Waals surface area (Å²) in [5.74, 6) is 0.265. The molecule has 0 atom stereocenters. The largest absolute Gasteiger partial charge is 0.339 e. The second kappa shape index (κ2) is 7.21. The van der Waals surface area contributed by atoms with Crippen LogP contribution >= 0.6 is 0 Å². The first-order valence-electron chi connectivity index (χ1n) is 8.58. The fourth-order valence-electron chi connectivity index (χ4n) is 3.03. The normalized spacial score (nSPS) is 15.6. The number of aromatic nitrogens is 2. The van der Waals surface area contributed by atoms with E-state index in [2.05, 4.69) is 10.1 Å². The first-order chi connectivity index (χ1) is 13.0. The Morgan fingerprint density at radius 3 is 2.56 bits per heavy atom. The molecule has 0 amide bonds. The third kappa shape index (κ3) is 4.06. The van der Waals surface area contributed by atoms with Crippen molar-refractivity contribution in [2.24, 2.45) is 0 Å². The van der Waals surface area contributed by atoms with Crippen LogP contribution in [0.4, 0.5) is 4.39 Å². The average molecular weight is 387 g/mol. The lowest BCUT2D eigenvalue weighted by atomic mass is 10.0. The predicted octanol–water partition coefficient (Wildman–Crippen LogP) is 2.73. The molecule has 0 aliphatic carbocycles. The van der Waals surface area contributed by atoms with Gasteiger partial charge in [-0.25, -0.2) is 12.8 Å². The van der Waals surface area contributed by atoms with E-state index in [-0.39, 0.29) is 11.7 Å². The van der Waals surface area contributed by atoms with Crippen LogP contribution in [0.15, 0.2) is 59.1 Å². The SMILES string of the molecule is O=S(=O)(Cc1cccc(F)c1)N1CC(c2nc(Cc3ccccc3)no2)C1. The Morgan fingerprint density at radius 1 is 1.07 bits per heavy atom. The van der Waals surface area contributed by atoms with E-state index in [1.807, 2.05) is 30.3 Å². The number of nitrogens with zero attached hydrogens (tertiary/aromatic N) is 3. The monoisotopic (exact) mass is 387 g/mol. The Bertz CT molecular complexity index is 1030. The van der Waals surface area contributed by atoms with Gasteiger partial charge in [0, 0.05) is 19.5 Å². The van der Waals surface area contributed by atoms with E-state index >= 15 is 0 Å². The molecule has 1 aliphatic heterocycles. The van der Waals surface area contributed by atoms with Crippen LogP contribution in [-0.2, 0) is 22.2 Å². The molecule has 0 N–H and O–H groups in total. The van der Waals surface area contributed by atoms with Gasteiger partial charge in [-0.1, -0.05) is 47.6 Å². The summed E-state index contributed by atoms with van der Waals surface area (Å²) in [5, 5.41) is 3.98. The number of benzene rings is 2. The summed E-state index contributed by atoms with van der Waals surface area (Å²) in [6.45, 7) is 0.592. The Balaban J connectivity index is 1.36. The first-order valence-corrected chi connectivity index (χ1v) is 10.2. The summed E-state index contributed by atoms with van der Waals surface area (Å²) in [5.41, 5.74) is 1.51. The third-order valence-electron chi connectivity index (χ3n) is 4.52. The molecule has 4 rings (SSSR count). The molecule has 6 nitrogen and oxygen atoms in total. The molecule has 1 aromatic heterocycles. The highest BCUT2D eigenvalue weighted by Crippen LogP contribution is 2.29. The highest BCUT2D eigenvalue weighted by molar-refractivity contribution is 7.88. The summed E-state index contributed by atoms with van der Waals surface area (Å²) in [4.78, 5) is 4.39. The van der Waals surface area contributed by atoms with Gasteiger partial charge in [0.2, 0.25) is 15.9 Å². The van der Waals surface area contributed by atoms with Gasteiger partial charge in [0.1, 0.15) is 5.82 Å². The molecule has 0 radical (unpaired) electrons. The Kier molecular flexibility index (Phi) is 4.75. The third-order valence-corrected chi connectivity index (χ3v) is 6.30. The molecule has 1 saturated heterocycles. The van der Waals surface area contributed by atoms with E-state index < -0.39 is 15.8 Å². The van der Waals surface area contributed by atoms with Crippen LogP contribution < -0.4 is 0 Å². The van der Waals surface area contributed by atoms with Crippen molar-refractivity contribution < 1.29 is 17.3 Å². The zero-order valence-electron chi connectivity index (χ0n) is 14.5. The molecule has 27 heavy (non-hydrogen) atoms. The molecule has 1 fully saturated rings. The van der Waals surface area contributed by atoms with Crippen LogP contribution in [0, 0.1) is 5.82 Å². The number of hydrogen-bond acceptors (Lipinski definition) is 5. The Labute approximate surface area is 156 Å². The van der Waals surface area contributed by atoms with Crippen LogP contribution in [0.1, 0.15) is 28.8 Å². The average Bonchev–Trinajstić information content (AvgIpc) is 3.01. The molecular formula is C19H18FN3O3S. The summed E-state index contributed by atoms with van der Waals surface area (Å²) >= 11 is 0. The van der Waals surface area contributed by atoms with Gasteiger partial charge in [-0.2, -0.15) is 9.29 Å². The van der Waals surface area contributed by atoms with Crippen molar-refractivity contribution in [1.29, 1.82) is 0 Å². The molecule has 140 valence electrons. The van der Waals surface area contributed by atoms with E-state index in [1.54, 1.807) is 6.07 Å². The number of rotatable bonds is 6. The lowest BCUT2D eigenvalue weighted by molar-refractivity contribution is 0.216. The van der Waals surface area contributed by atoms with Crippen LogP contribution in [0.5, 0.6) is 0 Å². The van der Waals surface area contributed by atoms with Crippen molar-refractivity contribution in [3.05, 3.63) is 83.3 Å². The number of hydrogen-bond donors (Lipinski definition) is 0. The fourth-order valence-corrected chi connectivity index (χ4v) is 4.63. The van der Waals surface area contributed by atoms with Crippen molar-refractivity contribution in [2.45, 2.75) is 18.1 Å². The van der Waals surface area contributed by atoms with Gasteiger partial charge in [0.15, 0.2) is 5.82 Å². The van der Waals surface area contributed by atoms with E-state index in [1.165, 1.54) is 22.5 Å². The maximum atomic E-state index is 13.2. The van der Waals surface area contributed by atoms with E-state index in [0.29, 0.717) is 36.8 Å². The first kappa shape index (κ1) is 17.8. The molecule has 1 aliphatic rings. The Morgan fingerprint density at radius 2 is 1.81 bits per heavy atom. The molecule has 8 heteroatoms. The maximum Gasteiger partial charge on any atom is 0.232 e. The molecule has 2 heterocycles. The molecular weight excluding hydrogens is 369 g/mol. The van der Waals surface area contributed by atoms with Gasteiger partial charge in [-0.05, 0) is 23.3 Å². The minimum Gasteiger partial charge on any atom is -0.339 e. The summed E-state index contributed by atoms with van der Waals surface area (Å²) in [6.07, 6.45) is 0.568. The van der Waals surface area contributed by atoms with Crippen LogP contribution in [0.25, 0.3) is 0 Å². The smallest absolute Gasteiger partial charge is 0.232 e. The van der Waals surface area contributed by atoms with Gasteiger partial charge in [-0.3, -0.25) is 0 Å². The summed E-state index contributed by atoms with van der Waals surface area (Å²) in [7, 11) is -3.50. The van der Waals surface area contributed by atoms with Crippen LogP contribution in [0.2, 0.25) is 0 Å². The van der Waals surface area contributed by atoms with Gasteiger partial charge < -0.3 is 4.52 Å². The highest BCUT2D eigenvalue weighted by atomic mass is 32.2. The lowest BCUT2D eigenvalue weighted by Gasteiger charge is -2.35. The minimum absolute atomic E-state index is 0.107. The molecule has 3 aromatic rings. The van der Waals surface area contributed by atoms with Crippen molar-refractivity contribution in [2.75, 3.05) is 13.1 Å². The maximum absolute atomic E-state index is 13.2. The zero-order chi connectivity index (χ0) is 18.9. The standard InChI is InChI=1S/C19H18FN3O3S/c20-17-8-4-7-15(9-17)13-27(24,25)23-11-16(12-23)19-21-18(22-26-19)10-14-5-2-1-3-6-14/h1-9,16H,10-13H2. The minimum atomic E-state index is -3.50. The summed E-state index contributed by atoms with van der Waals surface area (Å²) < 4.78 is 44.8. The predicted molar refractivity (Wildman–Crippen MR) is 96.9 cm³/mol. The fraction of sp³-hybridized carbons (Fsp3) is 0.263. The quantitative estimate of drug-likeness (QED) is 0.650. The van der Waals surface area contributed by atoms with Crippen molar-refractivity contribution >= 4 is 10.0 Å². The lowest BCUT2D eigenvalue weighted by Crippen LogP contribution is -2.48. The van der Waals surface area contributed by atoms with Gasteiger partial charge in [0.25, 0.3) is 0 Å². The van der Waals surface area contributed by atoms with Crippen molar-refractivity contribution in [3.8, 4) is 0 Å². The molecule has 0 unspecified atom stereocenters. The second-order valence-corrected chi connectivity index (χ2v) is 8.58. The topological polar surface area (TPSA) is 76.3 Å². The van der Waals surface area contributed by atoms with Gasteiger partial charge in [-0.15, -0.1) is 0 Å². The van der Waals surface area contributed by atoms with Gasteiger partial charge >= 0.3 is 0 Å². The zero-order valence-corrected chi connectivity index (χ0v) is 15.3. The molecule has 2 aromatic carbocycles. The second-order valence-electron chi connectivity index (χ2n) is 6.61. The van der Waals surface area contributed by atoms with Gasteiger partial charge in [0.05, 0.1) is 11.7 Å². The van der Waals surface area contributed by atoms with Crippen molar-refractivity contribution in [3.63, 3.8) is 0 Å².